The van der Waals surface area contributed by atoms with Gasteiger partial charge in [0.05, 0.1) is 6.61 Å². The van der Waals surface area contributed by atoms with Gasteiger partial charge in [-0.15, -0.1) is 0 Å². The molecule has 0 unspecified atom stereocenters. The molecule has 0 fully saturated rings. The number of hydrogen-bond acceptors (Lipinski definition) is 4. The number of phosphoric acid groups is 1. The molecule has 154 valence electrons. The van der Waals surface area contributed by atoms with Crippen LogP contribution < -0.4 is 0 Å². The third kappa shape index (κ3) is 14.6. The SMILES string of the molecule is CCCC(C)(C)CCC(=O)CCC(=O)CCC(C)(C)CCOP(=O)(O)O. The van der Waals surface area contributed by atoms with Gasteiger partial charge in [0.15, 0.2) is 0 Å². The number of Topliss-reactive ketones (excluding diaryl/α,β-unsaturated/α-hetero) is 2. The summed E-state index contributed by atoms with van der Waals surface area (Å²) in [4.78, 5) is 41.4. The van der Waals surface area contributed by atoms with Crippen LogP contribution in [0, 0.1) is 10.8 Å². The Hall–Kier alpha value is -0.550. The summed E-state index contributed by atoms with van der Waals surface area (Å²) >= 11 is 0. The normalized spacial score (nSPS) is 13.0. The van der Waals surface area contributed by atoms with Crippen LogP contribution in [0.1, 0.15) is 92.4 Å². The van der Waals surface area contributed by atoms with E-state index in [1.54, 1.807) is 0 Å². The van der Waals surface area contributed by atoms with Gasteiger partial charge in [-0.05, 0) is 36.5 Å². The second-order valence-corrected chi connectivity index (χ2v) is 9.97. The molecule has 0 aromatic rings. The molecule has 26 heavy (non-hydrogen) atoms. The van der Waals surface area contributed by atoms with Crippen molar-refractivity contribution >= 4 is 19.4 Å². The number of ketones is 2. The Balaban J connectivity index is 4.04. The van der Waals surface area contributed by atoms with E-state index in [1.807, 2.05) is 13.8 Å². The third-order valence-corrected chi connectivity index (χ3v) is 5.33. The first kappa shape index (κ1) is 25.4. The molecule has 0 aliphatic heterocycles. The van der Waals surface area contributed by atoms with Crippen molar-refractivity contribution in [1.29, 1.82) is 0 Å². The van der Waals surface area contributed by atoms with Crippen LogP contribution in [0.15, 0.2) is 0 Å². The maximum absolute atomic E-state index is 12.0. The standard InChI is InChI=1S/C19H37O6P/c1-6-11-18(2,3)12-9-16(20)7-8-17(21)10-13-19(4,5)14-15-25-26(22,23)24/h6-15H2,1-5H3,(H2,22,23,24). The largest absolute Gasteiger partial charge is 0.469 e. The summed E-state index contributed by atoms with van der Waals surface area (Å²) in [6.45, 7) is 10.3. The molecule has 0 spiro atoms. The highest BCUT2D eigenvalue weighted by Gasteiger charge is 2.22. The Morgan fingerprint density at radius 3 is 1.62 bits per heavy atom. The second kappa shape index (κ2) is 11.3. The first-order chi connectivity index (χ1) is 11.8. The summed E-state index contributed by atoms with van der Waals surface area (Å²) in [6, 6.07) is 0. The van der Waals surface area contributed by atoms with E-state index in [0.717, 1.165) is 19.3 Å². The van der Waals surface area contributed by atoms with Gasteiger partial charge in [0.25, 0.3) is 0 Å². The van der Waals surface area contributed by atoms with E-state index in [-0.39, 0.29) is 35.4 Å². The molecule has 0 amide bonds. The van der Waals surface area contributed by atoms with Gasteiger partial charge in [-0.25, -0.2) is 4.57 Å². The van der Waals surface area contributed by atoms with Crippen molar-refractivity contribution in [2.24, 2.45) is 10.8 Å². The summed E-state index contributed by atoms with van der Waals surface area (Å²) in [6.07, 6.45) is 5.62. The van der Waals surface area contributed by atoms with Gasteiger partial charge in [0, 0.05) is 25.7 Å². The molecule has 0 bridgehead atoms. The zero-order valence-electron chi connectivity index (χ0n) is 17.0. The lowest BCUT2D eigenvalue weighted by molar-refractivity contribution is -0.124. The van der Waals surface area contributed by atoms with Crippen molar-refractivity contribution in [3.05, 3.63) is 0 Å². The summed E-state index contributed by atoms with van der Waals surface area (Å²) in [5, 5.41) is 0. The fourth-order valence-corrected chi connectivity index (χ4v) is 3.18. The predicted octanol–water partition coefficient (Wildman–Crippen LogP) is 4.82. The summed E-state index contributed by atoms with van der Waals surface area (Å²) < 4.78 is 15.1. The summed E-state index contributed by atoms with van der Waals surface area (Å²) in [7, 11) is -4.44. The van der Waals surface area contributed by atoms with Crippen molar-refractivity contribution in [3.8, 4) is 0 Å². The molecule has 0 saturated carbocycles. The smallest absolute Gasteiger partial charge is 0.303 e. The average molecular weight is 392 g/mol. The number of hydrogen-bond donors (Lipinski definition) is 2. The fraction of sp³-hybridized carbons (Fsp3) is 0.895. The molecule has 2 N–H and O–H groups in total. The number of phosphoric ester groups is 1. The van der Waals surface area contributed by atoms with Gasteiger partial charge in [-0.2, -0.15) is 0 Å². The Morgan fingerprint density at radius 2 is 1.23 bits per heavy atom. The minimum atomic E-state index is -4.44. The minimum absolute atomic E-state index is 0.0441. The lowest BCUT2D eigenvalue weighted by atomic mass is 9.82. The molecule has 0 aromatic carbocycles. The molecule has 0 aromatic heterocycles. The van der Waals surface area contributed by atoms with Crippen LogP contribution in [-0.2, 0) is 18.7 Å². The maximum Gasteiger partial charge on any atom is 0.469 e. The van der Waals surface area contributed by atoms with Crippen molar-refractivity contribution < 1.29 is 28.5 Å². The minimum Gasteiger partial charge on any atom is -0.303 e. The lowest BCUT2D eigenvalue weighted by Crippen LogP contribution is -2.17. The molecule has 7 heteroatoms. The Bertz CT molecular complexity index is 492. The van der Waals surface area contributed by atoms with Gasteiger partial charge in [-0.3, -0.25) is 14.1 Å². The van der Waals surface area contributed by atoms with Crippen LogP contribution in [-0.4, -0.2) is 28.0 Å². The number of carbonyl (C=O) groups is 2. The first-order valence-corrected chi connectivity index (χ1v) is 11.0. The highest BCUT2D eigenvalue weighted by Crippen LogP contribution is 2.37. The highest BCUT2D eigenvalue weighted by atomic mass is 31.2. The van der Waals surface area contributed by atoms with Gasteiger partial charge in [-0.1, -0.05) is 41.0 Å². The molecule has 0 aliphatic rings. The highest BCUT2D eigenvalue weighted by molar-refractivity contribution is 7.46. The monoisotopic (exact) mass is 392 g/mol. The van der Waals surface area contributed by atoms with Gasteiger partial charge in [0.1, 0.15) is 11.6 Å². The van der Waals surface area contributed by atoms with Crippen molar-refractivity contribution in [1.82, 2.24) is 0 Å². The topological polar surface area (TPSA) is 101 Å². The zero-order chi connectivity index (χ0) is 20.4. The van der Waals surface area contributed by atoms with E-state index >= 15 is 0 Å². The third-order valence-electron chi connectivity index (χ3n) is 4.81. The average Bonchev–Trinajstić information content (AvgIpc) is 2.47. The maximum atomic E-state index is 12.0. The Kier molecular flexibility index (Phi) is 11.1. The second-order valence-electron chi connectivity index (χ2n) is 8.73. The molecular formula is C19H37O6P. The molecule has 0 atom stereocenters. The van der Waals surface area contributed by atoms with E-state index in [2.05, 4.69) is 25.3 Å². The van der Waals surface area contributed by atoms with Crippen LogP contribution in [0.4, 0.5) is 0 Å². The van der Waals surface area contributed by atoms with Crippen molar-refractivity contribution in [3.63, 3.8) is 0 Å². The van der Waals surface area contributed by atoms with Crippen LogP contribution in [0.3, 0.4) is 0 Å². The van der Waals surface area contributed by atoms with Gasteiger partial charge in [0.2, 0.25) is 0 Å². The molecule has 6 nitrogen and oxygen atoms in total. The summed E-state index contributed by atoms with van der Waals surface area (Å²) in [5.41, 5.74) is -0.0768. The van der Waals surface area contributed by atoms with E-state index in [0.29, 0.717) is 32.1 Å². The van der Waals surface area contributed by atoms with E-state index in [1.165, 1.54) is 0 Å². The van der Waals surface area contributed by atoms with Crippen LogP contribution in [0.2, 0.25) is 0 Å². The Morgan fingerprint density at radius 1 is 0.808 bits per heavy atom. The number of carbonyl (C=O) groups excluding carboxylic acids is 2. The zero-order valence-corrected chi connectivity index (χ0v) is 17.9. The predicted molar refractivity (Wildman–Crippen MR) is 103 cm³/mol. The van der Waals surface area contributed by atoms with E-state index < -0.39 is 7.82 Å². The van der Waals surface area contributed by atoms with Gasteiger partial charge < -0.3 is 9.79 Å². The van der Waals surface area contributed by atoms with Crippen molar-refractivity contribution in [2.75, 3.05) is 6.61 Å². The molecule has 0 saturated heterocycles. The number of rotatable bonds is 15. The van der Waals surface area contributed by atoms with E-state index in [9.17, 15) is 14.2 Å². The molecule has 0 heterocycles. The van der Waals surface area contributed by atoms with E-state index in [4.69, 9.17) is 9.79 Å². The van der Waals surface area contributed by atoms with Gasteiger partial charge >= 0.3 is 7.82 Å². The summed E-state index contributed by atoms with van der Waals surface area (Å²) in [5.74, 6) is 0.215. The lowest BCUT2D eigenvalue weighted by Gasteiger charge is -2.24. The fourth-order valence-electron chi connectivity index (χ4n) is 2.85. The quantitative estimate of drug-likeness (QED) is 0.388. The first-order valence-electron chi connectivity index (χ1n) is 9.50. The molecular weight excluding hydrogens is 355 g/mol. The molecule has 0 rings (SSSR count). The van der Waals surface area contributed by atoms with Crippen molar-refractivity contribution in [2.45, 2.75) is 92.4 Å². The Labute approximate surface area is 158 Å². The van der Waals surface area contributed by atoms with Crippen LogP contribution in [0.25, 0.3) is 0 Å². The molecule has 0 radical (unpaired) electrons. The molecule has 0 aliphatic carbocycles. The van der Waals surface area contributed by atoms with Crippen LogP contribution >= 0.6 is 7.82 Å². The van der Waals surface area contributed by atoms with Crippen LogP contribution in [0.5, 0.6) is 0 Å².